The SMILES string of the molecule is N#Cc1c(-c2ccc(Cl)cc2)cc2c(Oc3ccc(Br)cc3)nn(-c3ccccc3)c(=O)c2c1N. The first-order valence-electron chi connectivity index (χ1n) is 10.5. The van der Waals surface area contributed by atoms with Crippen molar-refractivity contribution >= 4 is 44.0 Å². The Labute approximate surface area is 213 Å². The molecule has 0 bridgehead atoms. The highest BCUT2D eigenvalue weighted by atomic mass is 79.9. The molecule has 8 heteroatoms. The second kappa shape index (κ2) is 9.26. The van der Waals surface area contributed by atoms with Crippen LogP contribution in [0.3, 0.4) is 0 Å². The van der Waals surface area contributed by atoms with Gasteiger partial charge in [0.2, 0.25) is 5.88 Å². The number of nitrogens with zero attached hydrogens (tertiary/aromatic N) is 3. The summed E-state index contributed by atoms with van der Waals surface area (Å²) in [6.07, 6.45) is 0. The van der Waals surface area contributed by atoms with Crippen LogP contribution in [-0.2, 0) is 0 Å². The van der Waals surface area contributed by atoms with E-state index in [1.165, 1.54) is 4.68 Å². The molecule has 0 fully saturated rings. The predicted molar refractivity (Wildman–Crippen MR) is 141 cm³/mol. The van der Waals surface area contributed by atoms with E-state index in [1.807, 2.05) is 18.2 Å². The second-order valence-electron chi connectivity index (χ2n) is 7.67. The van der Waals surface area contributed by atoms with Gasteiger partial charge < -0.3 is 10.5 Å². The van der Waals surface area contributed by atoms with Crippen LogP contribution in [0.15, 0.2) is 94.2 Å². The molecule has 0 spiro atoms. The van der Waals surface area contributed by atoms with E-state index in [9.17, 15) is 10.1 Å². The Morgan fingerprint density at radius 3 is 2.34 bits per heavy atom. The Kier molecular flexibility index (Phi) is 6.00. The number of anilines is 1. The third kappa shape index (κ3) is 4.26. The normalized spacial score (nSPS) is 10.8. The van der Waals surface area contributed by atoms with Crippen molar-refractivity contribution in [2.45, 2.75) is 0 Å². The fraction of sp³-hybridized carbons (Fsp3) is 0. The van der Waals surface area contributed by atoms with Gasteiger partial charge in [-0.2, -0.15) is 9.94 Å². The van der Waals surface area contributed by atoms with E-state index in [0.29, 0.717) is 27.4 Å². The van der Waals surface area contributed by atoms with Crippen LogP contribution in [0.5, 0.6) is 11.6 Å². The number of benzene rings is 4. The third-order valence-corrected chi connectivity index (χ3v) is 6.27. The molecule has 0 saturated carbocycles. The van der Waals surface area contributed by atoms with Gasteiger partial charge in [-0.3, -0.25) is 4.79 Å². The smallest absolute Gasteiger partial charge is 0.281 e. The molecule has 4 aromatic carbocycles. The maximum Gasteiger partial charge on any atom is 0.281 e. The molecule has 0 amide bonds. The van der Waals surface area contributed by atoms with Gasteiger partial charge in [0.1, 0.15) is 11.8 Å². The summed E-state index contributed by atoms with van der Waals surface area (Å²) in [6, 6.07) is 27.1. The minimum absolute atomic E-state index is 0.0627. The molecule has 2 N–H and O–H groups in total. The van der Waals surface area contributed by atoms with Gasteiger partial charge >= 0.3 is 0 Å². The van der Waals surface area contributed by atoms with Crippen LogP contribution < -0.4 is 16.0 Å². The predicted octanol–water partition coefficient (Wildman–Crippen LogP) is 6.71. The summed E-state index contributed by atoms with van der Waals surface area (Å²) in [7, 11) is 0. The van der Waals surface area contributed by atoms with E-state index in [-0.39, 0.29) is 22.5 Å². The molecule has 170 valence electrons. The van der Waals surface area contributed by atoms with Crippen molar-refractivity contribution < 1.29 is 4.74 Å². The van der Waals surface area contributed by atoms with Crippen LogP contribution in [0.4, 0.5) is 5.69 Å². The number of fused-ring (bicyclic) bond motifs is 1. The molecule has 0 saturated heterocycles. The van der Waals surface area contributed by atoms with E-state index in [4.69, 9.17) is 22.1 Å². The summed E-state index contributed by atoms with van der Waals surface area (Å²) >= 11 is 9.47. The first kappa shape index (κ1) is 22.7. The van der Waals surface area contributed by atoms with Gasteiger partial charge in [0.05, 0.1) is 27.7 Å². The summed E-state index contributed by atoms with van der Waals surface area (Å²) in [5.74, 6) is 0.702. The summed E-state index contributed by atoms with van der Waals surface area (Å²) in [5.41, 5.74) is 8.09. The Bertz CT molecular complexity index is 1660. The van der Waals surface area contributed by atoms with Crippen LogP contribution in [-0.4, -0.2) is 9.78 Å². The third-order valence-electron chi connectivity index (χ3n) is 5.49. The van der Waals surface area contributed by atoms with Gasteiger partial charge in [-0.05, 0) is 60.2 Å². The first-order valence-corrected chi connectivity index (χ1v) is 11.7. The minimum atomic E-state index is -0.453. The monoisotopic (exact) mass is 542 g/mol. The quantitative estimate of drug-likeness (QED) is 0.254. The fourth-order valence-electron chi connectivity index (χ4n) is 3.81. The fourth-order valence-corrected chi connectivity index (χ4v) is 4.20. The van der Waals surface area contributed by atoms with Gasteiger partial charge in [0.25, 0.3) is 5.56 Å². The number of hydrogen-bond donors (Lipinski definition) is 1. The molecule has 0 aliphatic carbocycles. The van der Waals surface area contributed by atoms with Crippen molar-refractivity contribution in [3.8, 4) is 34.5 Å². The van der Waals surface area contributed by atoms with Gasteiger partial charge in [-0.25, -0.2) is 0 Å². The topological polar surface area (TPSA) is 93.9 Å². The molecule has 1 aromatic heterocycles. The zero-order chi connectivity index (χ0) is 24.5. The number of para-hydroxylation sites is 1. The lowest BCUT2D eigenvalue weighted by atomic mass is 9.95. The van der Waals surface area contributed by atoms with Crippen LogP contribution in [0.1, 0.15) is 5.56 Å². The lowest BCUT2D eigenvalue weighted by Gasteiger charge is -2.16. The zero-order valence-electron chi connectivity index (χ0n) is 18.1. The van der Waals surface area contributed by atoms with Crippen LogP contribution in [0.25, 0.3) is 27.6 Å². The molecule has 35 heavy (non-hydrogen) atoms. The van der Waals surface area contributed by atoms with Crippen LogP contribution in [0, 0.1) is 11.3 Å². The molecule has 0 aliphatic rings. The highest BCUT2D eigenvalue weighted by molar-refractivity contribution is 9.10. The largest absolute Gasteiger partial charge is 0.437 e. The standard InChI is InChI=1S/C27H16BrClN4O2/c28-17-8-12-20(13-9-17)35-26-22-14-21(16-6-10-18(29)11-7-16)23(15-30)25(31)24(22)27(34)33(32-26)19-4-2-1-3-5-19/h1-14H,31H2. The van der Waals surface area contributed by atoms with Gasteiger partial charge in [0, 0.05) is 15.1 Å². The average molecular weight is 544 g/mol. The molecule has 0 atom stereocenters. The Morgan fingerprint density at radius 2 is 1.69 bits per heavy atom. The van der Waals surface area contributed by atoms with E-state index in [0.717, 1.165) is 10.0 Å². The second-order valence-corrected chi connectivity index (χ2v) is 9.02. The number of nitrogen functional groups attached to an aromatic ring is 1. The molecule has 0 radical (unpaired) electrons. The maximum absolute atomic E-state index is 13.6. The first-order chi connectivity index (χ1) is 17.0. The summed E-state index contributed by atoms with van der Waals surface area (Å²) in [6.45, 7) is 0. The Hall–Kier alpha value is -4.12. The molecular formula is C27H16BrClN4O2. The number of hydrogen-bond acceptors (Lipinski definition) is 5. The lowest BCUT2D eigenvalue weighted by Crippen LogP contribution is -2.23. The number of halogens is 2. The van der Waals surface area contributed by atoms with Crippen LogP contribution >= 0.6 is 27.5 Å². The van der Waals surface area contributed by atoms with Crippen LogP contribution in [0.2, 0.25) is 5.02 Å². The highest BCUT2D eigenvalue weighted by Gasteiger charge is 2.21. The number of nitrogens with two attached hydrogens (primary N) is 1. The van der Waals surface area contributed by atoms with Gasteiger partial charge in [-0.1, -0.05) is 57.9 Å². The number of nitriles is 1. The number of ether oxygens (including phenoxy) is 1. The van der Waals surface area contributed by atoms with Gasteiger partial charge in [0.15, 0.2) is 0 Å². The van der Waals surface area contributed by atoms with E-state index in [2.05, 4.69) is 27.1 Å². The molecular weight excluding hydrogens is 528 g/mol. The van der Waals surface area contributed by atoms with E-state index in [1.54, 1.807) is 66.7 Å². The van der Waals surface area contributed by atoms with Crippen molar-refractivity contribution in [1.82, 2.24) is 9.78 Å². The number of rotatable bonds is 4. The molecule has 1 heterocycles. The zero-order valence-corrected chi connectivity index (χ0v) is 20.4. The minimum Gasteiger partial charge on any atom is -0.437 e. The lowest BCUT2D eigenvalue weighted by molar-refractivity contribution is 0.454. The van der Waals surface area contributed by atoms with Crippen molar-refractivity contribution in [2.24, 2.45) is 0 Å². The molecule has 5 aromatic rings. The van der Waals surface area contributed by atoms with Crippen molar-refractivity contribution in [3.05, 3.63) is 110 Å². The van der Waals surface area contributed by atoms with Crippen molar-refractivity contribution in [3.63, 3.8) is 0 Å². The van der Waals surface area contributed by atoms with Crippen molar-refractivity contribution in [1.29, 1.82) is 5.26 Å². The molecule has 0 aliphatic heterocycles. The maximum atomic E-state index is 13.6. The summed E-state index contributed by atoms with van der Waals surface area (Å²) in [5, 5.41) is 15.6. The summed E-state index contributed by atoms with van der Waals surface area (Å²) in [4.78, 5) is 13.6. The van der Waals surface area contributed by atoms with Crippen molar-refractivity contribution in [2.75, 3.05) is 5.73 Å². The average Bonchev–Trinajstić information content (AvgIpc) is 2.87. The van der Waals surface area contributed by atoms with Gasteiger partial charge in [-0.15, -0.1) is 5.10 Å². The Balaban J connectivity index is 1.85. The van der Waals surface area contributed by atoms with E-state index < -0.39 is 5.56 Å². The summed E-state index contributed by atoms with van der Waals surface area (Å²) < 4.78 is 8.28. The molecule has 5 rings (SSSR count). The van der Waals surface area contributed by atoms with E-state index >= 15 is 0 Å². The Morgan fingerprint density at radius 1 is 1.00 bits per heavy atom. The number of aromatic nitrogens is 2. The molecule has 0 unspecified atom stereocenters. The highest BCUT2D eigenvalue weighted by Crippen LogP contribution is 2.37. The molecule has 6 nitrogen and oxygen atoms in total.